The van der Waals surface area contributed by atoms with Crippen LogP contribution in [0.25, 0.3) is 22.3 Å². The zero-order chi connectivity index (χ0) is 21.1. The predicted octanol–water partition coefficient (Wildman–Crippen LogP) is 4.59. The summed E-state index contributed by atoms with van der Waals surface area (Å²) < 4.78 is 36.5. The van der Waals surface area contributed by atoms with Crippen LogP contribution in [0.3, 0.4) is 0 Å². The van der Waals surface area contributed by atoms with Crippen LogP contribution in [-0.4, -0.2) is 32.6 Å². The van der Waals surface area contributed by atoms with E-state index in [1.165, 1.54) is 12.4 Å². The van der Waals surface area contributed by atoms with Crippen molar-refractivity contribution >= 4 is 9.84 Å². The molecule has 0 bridgehead atoms. The third kappa shape index (κ3) is 3.67. The number of hydrogen-bond acceptors (Lipinski definition) is 5. The molecule has 4 aromatic rings. The van der Waals surface area contributed by atoms with Gasteiger partial charge in [-0.3, -0.25) is 0 Å². The fourth-order valence-electron chi connectivity index (χ4n) is 3.23. The van der Waals surface area contributed by atoms with Crippen LogP contribution in [0.15, 0.2) is 89.2 Å². The topological polar surface area (TPSA) is 81.3 Å². The molecule has 30 heavy (non-hydrogen) atoms. The van der Waals surface area contributed by atoms with E-state index in [0.717, 1.165) is 33.8 Å². The van der Waals surface area contributed by atoms with Gasteiger partial charge >= 0.3 is 0 Å². The third-order valence-electron chi connectivity index (χ3n) is 4.83. The van der Waals surface area contributed by atoms with Gasteiger partial charge in [0.25, 0.3) is 0 Å². The van der Waals surface area contributed by atoms with Crippen LogP contribution >= 0.6 is 0 Å². The maximum absolute atomic E-state index is 13.0. The standard InChI is InChI=1S/C23H20N2O4S/c1-28-18-7-3-16(4-8-18)21-12-11-20(30(26,27)23-24-13-14-25-23)15-22(21)17-5-9-19(29-2)10-6-17/h3-15H,1-2H3,(H,24,25). The average Bonchev–Trinajstić information content (AvgIpc) is 3.35. The lowest BCUT2D eigenvalue weighted by molar-refractivity contribution is 0.414. The second kappa shape index (κ2) is 8.04. The molecule has 0 saturated heterocycles. The number of imidazole rings is 1. The van der Waals surface area contributed by atoms with Crippen LogP contribution in [0.5, 0.6) is 11.5 Å². The molecule has 1 heterocycles. The summed E-state index contributed by atoms with van der Waals surface area (Å²) in [5.74, 6) is 1.48. The van der Waals surface area contributed by atoms with Crippen molar-refractivity contribution in [2.24, 2.45) is 0 Å². The van der Waals surface area contributed by atoms with Crippen LogP contribution < -0.4 is 9.47 Å². The Morgan fingerprint density at radius 2 is 1.33 bits per heavy atom. The summed E-state index contributed by atoms with van der Waals surface area (Å²) in [7, 11) is -0.537. The normalized spacial score (nSPS) is 11.3. The van der Waals surface area contributed by atoms with Gasteiger partial charge in [-0.1, -0.05) is 30.3 Å². The van der Waals surface area contributed by atoms with E-state index in [4.69, 9.17) is 9.47 Å². The minimum Gasteiger partial charge on any atom is -0.497 e. The van der Waals surface area contributed by atoms with Crippen LogP contribution in [0.2, 0.25) is 0 Å². The molecule has 3 aromatic carbocycles. The lowest BCUT2D eigenvalue weighted by atomic mass is 9.94. The Bertz CT molecular complexity index is 1250. The fourth-order valence-corrected chi connectivity index (χ4v) is 4.40. The monoisotopic (exact) mass is 420 g/mol. The van der Waals surface area contributed by atoms with Crippen molar-refractivity contribution in [2.75, 3.05) is 14.2 Å². The van der Waals surface area contributed by atoms with Crippen molar-refractivity contribution in [3.8, 4) is 33.8 Å². The van der Waals surface area contributed by atoms with Gasteiger partial charge in [0.15, 0.2) is 0 Å². The molecular formula is C23H20N2O4S. The van der Waals surface area contributed by atoms with Gasteiger partial charge in [0.1, 0.15) is 11.5 Å². The highest BCUT2D eigenvalue weighted by Gasteiger charge is 2.22. The molecule has 0 fully saturated rings. The Labute approximate surface area is 175 Å². The average molecular weight is 420 g/mol. The molecule has 7 heteroatoms. The maximum atomic E-state index is 13.0. The van der Waals surface area contributed by atoms with Gasteiger partial charge in [-0.2, -0.15) is 0 Å². The highest BCUT2D eigenvalue weighted by molar-refractivity contribution is 7.91. The molecular weight excluding hydrogens is 400 g/mol. The second-order valence-electron chi connectivity index (χ2n) is 6.56. The van der Waals surface area contributed by atoms with Crippen molar-refractivity contribution < 1.29 is 17.9 Å². The summed E-state index contributed by atoms with van der Waals surface area (Å²) in [5, 5.41) is -0.0830. The number of nitrogens with one attached hydrogen (secondary N) is 1. The quantitative estimate of drug-likeness (QED) is 0.493. The Morgan fingerprint density at radius 3 is 1.83 bits per heavy atom. The maximum Gasteiger partial charge on any atom is 0.239 e. The molecule has 0 unspecified atom stereocenters. The van der Waals surface area contributed by atoms with Gasteiger partial charge in [-0.25, -0.2) is 13.4 Å². The van der Waals surface area contributed by atoms with Crippen molar-refractivity contribution in [2.45, 2.75) is 10.1 Å². The summed E-state index contributed by atoms with van der Waals surface area (Å²) in [6.07, 6.45) is 2.91. The van der Waals surface area contributed by atoms with Crippen LogP contribution in [0.1, 0.15) is 0 Å². The molecule has 0 saturated carbocycles. The molecule has 0 aliphatic heterocycles. The van der Waals surface area contributed by atoms with Gasteiger partial charge in [0, 0.05) is 12.4 Å². The number of aromatic amines is 1. The van der Waals surface area contributed by atoms with Crippen LogP contribution in [-0.2, 0) is 9.84 Å². The summed E-state index contributed by atoms with van der Waals surface area (Å²) >= 11 is 0. The van der Waals surface area contributed by atoms with E-state index in [-0.39, 0.29) is 10.1 Å². The number of hydrogen-bond donors (Lipinski definition) is 1. The van der Waals surface area contributed by atoms with E-state index in [0.29, 0.717) is 0 Å². The first-order valence-corrected chi connectivity index (χ1v) is 10.7. The smallest absolute Gasteiger partial charge is 0.239 e. The van der Waals surface area contributed by atoms with E-state index in [2.05, 4.69) is 9.97 Å². The summed E-state index contributed by atoms with van der Waals surface area (Å²) in [6.45, 7) is 0. The molecule has 0 amide bonds. The number of benzene rings is 3. The molecule has 0 spiro atoms. The van der Waals surface area contributed by atoms with E-state index in [9.17, 15) is 8.42 Å². The largest absolute Gasteiger partial charge is 0.497 e. The Kier molecular flexibility index (Phi) is 5.29. The SMILES string of the molecule is COc1ccc(-c2ccc(S(=O)(=O)c3ncc[nH]3)cc2-c2ccc(OC)cc2)cc1. The summed E-state index contributed by atoms with van der Waals surface area (Å²) in [4.78, 5) is 6.76. The molecule has 6 nitrogen and oxygen atoms in total. The van der Waals surface area contributed by atoms with Crippen molar-refractivity contribution in [3.63, 3.8) is 0 Å². The number of sulfone groups is 1. The first-order chi connectivity index (χ1) is 14.5. The number of H-pyrrole nitrogens is 1. The van der Waals surface area contributed by atoms with Gasteiger partial charge in [-0.15, -0.1) is 0 Å². The first kappa shape index (κ1) is 19.7. The highest BCUT2D eigenvalue weighted by atomic mass is 32.2. The summed E-state index contributed by atoms with van der Waals surface area (Å²) in [5.41, 5.74) is 3.51. The molecule has 0 radical (unpaired) electrons. The minimum atomic E-state index is -3.76. The van der Waals surface area contributed by atoms with Crippen LogP contribution in [0, 0.1) is 0 Å². The lowest BCUT2D eigenvalue weighted by Gasteiger charge is -2.13. The highest BCUT2D eigenvalue weighted by Crippen LogP contribution is 2.36. The second-order valence-corrected chi connectivity index (χ2v) is 8.43. The Morgan fingerprint density at radius 1 is 0.767 bits per heavy atom. The Balaban J connectivity index is 1.89. The van der Waals surface area contributed by atoms with Crippen LogP contribution in [0.4, 0.5) is 0 Å². The van der Waals surface area contributed by atoms with Gasteiger partial charge in [-0.05, 0) is 58.7 Å². The number of aromatic nitrogens is 2. The first-order valence-electron chi connectivity index (χ1n) is 9.20. The van der Waals surface area contributed by atoms with Crippen molar-refractivity contribution in [3.05, 3.63) is 79.1 Å². The number of methoxy groups -OCH3 is 2. The zero-order valence-corrected chi connectivity index (χ0v) is 17.3. The van der Waals surface area contributed by atoms with E-state index in [1.807, 2.05) is 54.6 Å². The van der Waals surface area contributed by atoms with Crippen molar-refractivity contribution in [1.29, 1.82) is 0 Å². The van der Waals surface area contributed by atoms with Gasteiger partial charge < -0.3 is 14.5 Å². The number of ether oxygens (including phenoxy) is 2. The summed E-state index contributed by atoms with van der Waals surface area (Å²) in [6, 6.07) is 20.3. The minimum absolute atomic E-state index is 0.0830. The lowest BCUT2D eigenvalue weighted by Crippen LogP contribution is -2.04. The number of nitrogens with zero attached hydrogens (tertiary/aromatic N) is 1. The third-order valence-corrected chi connectivity index (χ3v) is 6.44. The molecule has 1 N–H and O–H groups in total. The molecule has 0 aliphatic carbocycles. The molecule has 1 aromatic heterocycles. The molecule has 0 atom stereocenters. The molecule has 0 aliphatic rings. The van der Waals surface area contributed by atoms with E-state index >= 15 is 0 Å². The van der Waals surface area contributed by atoms with E-state index < -0.39 is 9.84 Å². The predicted molar refractivity (Wildman–Crippen MR) is 114 cm³/mol. The van der Waals surface area contributed by atoms with Gasteiger partial charge in [0.05, 0.1) is 19.1 Å². The fraction of sp³-hybridized carbons (Fsp3) is 0.0870. The van der Waals surface area contributed by atoms with Gasteiger partial charge in [0.2, 0.25) is 15.0 Å². The molecule has 152 valence electrons. The zero-order valence-electron chi connectivity index (χ0n) is 16.5. The van der Waals surface area contributed by atoms with E-state index in [1.54, 1.807) is 26.4 Å². The van der Waals surface area contributed by atoms with Crippen molar-refractivity contribution in [1.82, 2.24) is 9.97 Å². The Hall–Kier alpha value is -3.58. The number of rotatable bonds is 6. The molecule has 4 rings (SSSR count).